The van der Waals surface area contributed by atoms with Crippen LogP contribution in [0.4, 0.5) is 17.5 Å². The molecule has 1 aliphatic heterocycles. The summed E-state index contributed by atoms with van der Waals surface area (Å²) in [6.45, 7) is 5.62. The molecule has 0 aliphatic carbocycles. The maximum absolute atomic E-state index is 13.2. The number of carbonyl (C=O) groups is 1. The van der Waals surface area contributed by atoms with Crippen molar-refractivity contribution < 1.29 is 9.53 Å². The summed E-state index contributed by atoms with van der Waals surface area (Å²) in [7, 11) is 1.89. The van der Waals surface area contributed by atoms with E-state index < -0.39 is 0 Å². The van der Waals surface area contributed by atoms with E-state index >= 15 is 0 Å². The van der Waals surface area contributed by atoms with Gasteiger partial charge in [0.1, 0.15) is 6.10 Å². The number of likely N-dealkylation sites (tertiary alicyclic amines) is 1. The Morgan fingerprint density at radius 3 is 2.70 bits per heavy atom. The van der Waals surface area contributed by atoms with Crippen LogP contribution >= 0.6 is 0 Å². The summed E-state index contributed by atoms with van der Waals surface area (Å²) in [5.74, 6) is 2.27. The fourth-order valence-corrected chi connectivity index (χ4v) is 5.61. The third-order valence-electron chi connectivity index (χ3n) is 8.04. The molecule has 0 radical (unpaired) electrons. The molecule has 6 aromatic rings. The first-order valence-corrected chi connectivity index (χ1v) is 15.0. The van der Waals surface area contributed by atoms with Gasteiger partial charge in [0, 0.05) is 73.2 Å². The molecule has 5 aromatic heterocycles. The standard InChI is InChI=1S/C33H33N11O2/c1-20-14-38-33(40-28-13-21(2)43(3)42-28)41-30(20)26-17-35-31-25(26)5-4-6-27(31)39-29(45)19-44-12-9-23(18-44)46-24-15-36-32(37-16-24)22-7-10-34-11-8-22/h4-8,10-11,13-17,23,35H,9,12,18-19H2,1-3H3,(H,39,45)(H,38,40,41,42)/t23-/m0/s1. The van der Waals surface area contributed by atoms with Crippen molar-refractivity contribution in [1.29, 1.82) is 0 Å². The van der Waals surface area contributed by atoms with Gasteiger partial charge in [-0.2, -0.15) is 5.10 Å². The minimum atomic E-state index is -0.0929. The normalized spacial score (nSPS) is 14.9. The first kappa shape index (κ1) is 29.0. The van der Waals surface area contributed by atoms with Gasteiger partial charge in [-0.3, -0.25) is 19.4 Å². The molecule has 1 atom stereocenters. The van der Waals surface area contributed by atoms with Crippen LogP contribution in [0.5, 0.6) is 5.75 Å². The summed E-state index contributed by atoms with van der Waals surface area (Å²) in [5.41, 5.74) is 6.10. The second kappa shape index (κ2) is 12.4. The van der Waals surface area contributed by atoms with Crippen molar-refractivity contribution in [3.05, 3.63) is 84.8 Å². The van der Waals surface area contributed by atoms with Crippen LogP contribution in [-0.4, -0.2) is 76.2 Å². The Hall–Kier alpha value is -5.69. The second-order valence-corrected chi connectivity index (χ2v) is 11.4. The lowest BCUT2D eigenvalue weighted by molar-refractivity contribution is -0.117. The van der Waals surface area contributed by atoms with E-state index in [4.69, 9.17) is 9.72 Å². The van der Waals surface area contributed by atoms with Gasteiger partial charge in [0.15, 0.2) is 17.4 Å². The smallest absolute Gasteiger partial charge is 0.238 e. The molecule has 13 nitrogen and oxygen atoms in total. The minimum absolute atomic E-state index is 0.0465. The number of carbonyl (C=O) groups excluding carboxylic acids is 1. The molecule has 3 N–H and O–H groups in total. The number of aromatic nitrogens is 8. The molecular formula is C33H33N11O2. The third-order valence-corrected chi connectivity index (χ3v) is 8.04. The van der Waals surface area contributed by atoms with Crippen molar-refractivity contribution in [3.63, 3.8) is 0 Å². The Bertz CT molecular complexity index is 1980. The highest BCUT2D eigenvalue weighted by Crippen LogP contribution is 2.33. The number of anilines is 3. The van der Waals surface area contributed by atoms with Crippen LogP contribution in [-0.2, 0) is 11.8 Å². The van der Waals surface area contributed by atoms with Crippen LogP contribution < -0.4 is 15.4 Å². The largest absolute Gasteiger partial charge is 0.486 e. The summed E-state index contributed by atoms with van der Waals surface area (Å²) in [6, 6.07) is 11.5. The molecule has 1 fully saturated rings. The van der Waals surface area contributed by atoms with Crippen LogP contribution in [0.25, 0.3) is 33.5 Å². The number of fused-ring (bicyclic) bond motifs is 1. The highest BCUT2D eigenvalue weighted by atomic mass is 16.5. The quantitative estimate of drug-likeness (QED) is 0.209. The zero-order valence-electron chi connectivity index (χ0n) is 25.7. The molecule has 6 heterocycles. The maximum Gasteiger partial charge on any atom is 0.238 e. The van der Waals surface area contributed by atoms with E-state index in [0.717, 1.165) is 51.9 Å². The predicted molar refractivity (Wildman–Crippen MR) is 175 cm³/mol. The molecule has 7 rings (SSSR count). The third kappa shape index (κ3) is 6.13. The molecule has 1 aromatic carbocycles. The number of rotatable bonds is 9. The second-order valence-electron chi connectivity index (χ2n) is 11.4. The Labute approximate surface area is 265 Å². The van der Waals surface area contributed by atoms with Gasteiger partial charge in [0.05, 0.1) is 35.8 Å². The number of H-pyrrole nitrogens is 1. The number of nitrogens with one attached hydrogen (secondary N) is 3. The molecule has 232 valence electrons. The molecule has 0 saturated carbocycles. The summed E-state index contributed by atoms with van der Waals surface area (Å²) >= 11 is 0. The van der Waals surface area contributed by atoms with Crippen LogP contribution in [0.1, 0.15) is 17.7 Å². The fourth-order valence-electron chi connectivity index (χ4n) is 5.61. The minimum Gasteiger partial charge on any atom is -0.486 e. The number of hydrogen-bond acceptors (Lipinski definition) is 10. The van der Waals surface area contributed by atoms with Crippen LogP contribution in [0.2, 0.25) is 0 Å². The van der Waals surface area contributed by atoms with Crippen LogP contribution in [0, 0.1) is 13.8 Å². The average Bonchev–Trinajstić information content (AvgIpc) is 3.77. The van der Waals surface area contributed by atoms with Gasteiger partial charge in [0.25, 0.3) is 0 Å². The number of hydrogen-bond donors (Lipinski definition) is 3. The summed E-state index contributed by atoms with van der Waals surface area (Å²) in [5, 5.41) is 11.7. The predicted octanol–water partition coefficient (Wildman–Crippen LogP) is 4.66. The van der Waals surface area contributed by atoms with E-state index in [1.54, 1.807) is 35.7 Å². The van der Waals surface area contributed by atoms with Gasteiger partial charge < -0.3 is 20.4 Å². The molecule has 46 heavy (non-hydrogen) atoms. The van der Waals surface area contributed by atoms with E-state index in [2.05, 4.69) is 45.6 Å². The Balaban J connectivity index is 0.989. The number of benzene rings is 1. The molecular weight excluding hydrogens is 582 g/mol. The van der Waals surface area contributed by atoms with Gasteiger partial charge in [-0.15, -0.1) is 0 Å². The van der Waals surface area contributed by atoms with Crippen molar-refractivity contribution in [3.8, 4) is 28.4 Å². The molecule has 0 unspecified atom stereocenters. The van der Waals surface area contributed by atoms with Crippen molar-refractivity contribution in [1.82, 2.24) is 44.6 Å². The fraction of sp³-hybridized carbons (Fsp3) is 0.242. The van der Waals surface area contributed by atoms with Crippen molar-refractivity contribution in [2.75, 3.05) is 30.3 Å². The zero-order valence-corrected chi connectivity index (χ0v) is 25.7. The Kier molecular flexibility index (Phi) is 7.81. The number of aryl methyl sites for hydroxylation is 3. The van der Waals surface area contributed by atoms with E-state index in [0.29, 0.717) is 35.6 Å². The molecule has 13 heteroatoms. The van der Waals surface area contributed by atoms with Gasteiger partial charge in [-0.25, -0.2) is 19.9 Å². The maximum atomic E-state index is 13.2. The number of para-hydroxylation sites is 1. The van der Waals surface area contributed by atoms with E-state index in [1.165, 1.54) is 0 Å². The van der Waals surface area contributed by atoms with Crippen LogP contribution in [0.15, 0.2) is 73.6 Å². The molecule has 0 spiro atoms. The monoisotopic (exact) mass is 615 g/mol. The summed E-state index contributed by atoms with van der Waals surface area (Å²) in [4.78, 5) is 40.7. The Morgan fingerprint density at radius 1 is 1.09 bits per heavy atom. The summed E-state index contributed by atoms with van der Waals surface area (Å²) in [6.07, 6.45) is 11.3. The van der Waals surface area contributed by atoms with Gasteiger partial charge >= 0.3 is 0 Å². The average molecular weight is 616 g/mol. The first-order valence-electron chi connectivity index (χ1n) is 15.0. The molecule has 1 aliphatic rings. The number of pyridine rings is 1. The zero-order chi connectivity index (χ0) is 31.6. The van der Waals surface area contributed by atoms with Gasteiger partial charge in [-0.1, -0.05) is 12.1 Å². The van der Waals surface area contributed by atoms with Crippen molar-refractivity contribution >= 4 is 34.3 Å². The van der Waals surface area contributed by atoms with E-state index in [9.17, 15) is 4.79 Å². The number of ether oxygens (including phenoxy) is 1. The van der Waals surface area contributed by atoms with Gasteiger partial charge in [0.2, 0.25) is 11.9 Å². The van der Waals surface area contributed by atoms with Crippen molar-refractivity contribution in [2.45, 2.75) is 26.4 Å². The SMILES string of the molecule is Cc1cnc(Nc2cc(C)n(C)n2)nc1-c1c[nH]c2c(NC(=O)CN3CC[C@H](Oc4cnc(-c5ccncc5)nc4)C3)cccc12. The van der Waals surface area contributed by atoms with Crippen LogP contribution in [0.3, 0.4) is 0 Å². The van der Waals surface area contributed by atoms with Gasteiger partial charge in [-0.05, 0) is 44.0 Å². The topological polar surface area (TPSA) is 152 Å². The lowest BCUT2D eigenvalue weighted by Gasteiger charge is -2.17. The van der Waals surface area contributed by atoms with E-state index in [1.807, 2.05) is 63.5 Å². The Morgan fingerprint density at radius 2 is 1.91 bits per heavy atom. The van der Waals surface area contributed by atoms with E-state index in [-0.39, 0.29) is 18.6 Å². The summed E-state index contributed by atoms with van der Waals surface area (Å²) < 4.78 is 7.92. The number of nitrogens with zero attached hydrogens (tertiary/aromatic N) is 8. The first-order chi connectivity index (χ1) is 22.4. The molecule has 1 saturated heterocycles. The lowest BCUT2D eigenvalue weighted by atomic mass is 10.1. The molecule has 0 bridgehead atoms. The van der Waals surface area contributed by atoms with Crippen molar-refractivity contribution in [2.24, 2.45) is 7.05 Å². The number of aromatic amines is 1. The lowest BCUT2D eigenvalue weighted by Crippen LogP contribution is -2.33. The highest BCUT2D eigenvalue weighted by molar-refractivity contribution is 6.06. The molecule has 1 amide bonds. The highest BCUT2D eigenvalue weighted by Gasteiger charge is 2.26. The number of amides is 1.